The maximum Gasteiger partial charge on any atom is 0.282 e. The van der Waals surface area contributed by atoms with Crippen LogP contribution in [0.3, 0.4) is 0 Å². The summed E-state index contributed by atoms with van der Waals surface area (Å²) < 4.78 is 28.9. The number of rotatable bonds is 6. The molecule has 2 aliphatic rings. The molecule has 27 heavy (non-hydrogen) atoms. The Morgan fingerprint density at radius 1 is 1.19 bits per heavy atom. The summed E-state index contributed by atoms with van der Waals surface area (Å²) in [5.41, 5.74) is 0. The van der Waals surface area contributed by atoms with Gasteiger partial charge in [-0.2, -0.15) is 17.0 Å². The van der Waals surface area contributed by atoms with Crippen LogP contribution in [0.4, 0.5) is 5.13 Å². The minimum absolute atomic E-state index is 0.114. The van der Waals surface area contributed by atoms with Crippen molar-refractivity contribution in [3.05, 3.63) is 5.01 Å². The molecule has 1 aromatic rings. The molecule has 0 bridgehead atoms. The van der Waals surface area contributed by atoms with Crippen LogP contribution in [0.2, 0.25) is 0 Å². The number of piperazine rings is 1. The highest BCUT2D eigenvalue weighted by atomic mass is 32.2. The summed E-state index contributed by atoms with van der Waals surface area (Å²) in [6.07, 6.45) is 5.28. The van der Waals surface area contributed by atoms with Gasteiger partial charge in [-0.3, -0.25) is 15.0 Å². The molecule has 9 nitrogen and oxygen atoms in total. The molecule has 0 radical (unpaired) electrons. The van der Waals surface area contributed by atoms with E-state index in [0.717, 1.165) is 30.7 Å². The Bertz CT molecular complexity index is 739. The van der Waals surface area contributed by atoms with E-state index in [1.165, 1.54) is 17.8 Å². The molecule has 152 valence electrons. The lowest BCUT2D eigenvalue weighted by Crippen LogP contribution is -2.55. The first-order chi connectivity index (χ1) is 12.9. The minimum atomic E-state index is -3.44. The van der Waals surface area contributed by atoms with Crippen LogP contribution < -0.4 is 5.32 Å². The number of nitrogens with one attached hydrogen (secondary N) is 1. The fourth-order valence-corrected chi connectivity index (χ4v) is 5.83. The van der Waals surface area contributed by atoms with Crippen molar-refractivity contribution in [3.63, 3.8) is 0 Å². The molecule has 1 aliphatic carbocycles. The molecule has 0 unspecified atom stereocenters. The Labute approximate surface area is 164 Å². The molecule has 0 spiro atoms. The lowest BCUT2D eigenvalue weighted by molar-refractivity contribution is -0.117. The summed E-state index contributed by atoms with van der Waals surface area (Å²) >= 11 is 1.33. The van der Waals surface area contributed by atoms with Crippen molar-refractivity contribution in [2.75, 3.05) is 45.1 Å². The van der Waals surface area contributed by atoms with Gasteiger partial charge in [0.05, 0.1) is 6.54 Å². The summed E-state index contributed by atoms with van der Waals surface area (Å²) in [6.45, 7) is 3.96. The SMILES string of the molecule is Cc1nnc(NC(=O)CN2CCN(S(=O)(=O)N(C)C3CCCCC3)CC2)s1. The van der Waals surface area contributed by atoms with Crippen LogP contribution in [0.25, 0.3) is 0 Å². The highest BCUT2D eigenvalue weighted by Crippen LogP contribution is 2.25. The highest BCUT2D eigenvalue weighted by molar-refractivity contribution is 7.86. The van der Waals surface area contributed by atoms with E-state index in [1.807, 2.05) is 11.8 Å². The molecule has 2 heterocycles. The second-order valence-corrected chi connectivity index (χ2v) is 10.3. The Morgan fingerprint density at radius 3 is 2.44 bits per heavy atom. The van der Waals surface area contributed by atoms with E-state index in [9.17, 15) is 13.2 Å². The summed E-state index contributed by atoms with van der Waals surface area (Å²) in [7, 11) is -1.73. The minimum Gasteiger partial charge on any atom is -0.299 e. The van der Waals surface area contributed by atoms with E-state index in [2.05, 4.69) is 15.5 Å². The largest absolute Gasteiger partial charge is 0.299 e. The molecule has 0 aromatic carbocycles. The maximum absolute atomic E-state index is 12.9. The Morgan fingerprint density at radius 2 is 1.85 bits per heavy atom. The summed E-state index contributed by atoms with van der Waals surface area (Å²) in [5.74, 6) is -0.151. The molecular weight excluding hydrogens is 388 g/mol. The smallest absolute Gasteiger partial charge is 0.282 e. The average molecular weight is 417 g/mol. The van der Waals surface area contributed by atoms with Gasteiger partial charge in [0.25, 0.3) is 10.2 Å². The van der Waals surface area contributed by atoms with Crippen LogP contribution in [0.5, 0.6) is 0 Å². The van der Waals surface area contributed by atoms with Gasteiger partial charge >= 0.3 is 0 Å². The Balaban J connectivity index is 1.48. The third-order valence-electron chi connectivity index (χ3n) is 5.25. The van der Waals surface area contributed by atoms with Crippen molar-refractivity contribution in [1.29, 1.82) is 0 Å². The van der Waals surface area contributed by atoms with E-state index in [1.54, 1.807) is 15.7 Å². The van der Waals surface area contributed by atoms with Gasteiger partial charge in [0, 0.05) is 39.3 Å². The van der Waals surface area contributed by atoms with Crippen molar-refractivity contribution in [2.24, 2.45) is 0 Å². The van der Waals surface area contributed by atoms with Gasteiger partial charge in [-0.05, 0) is 19.8 Å². The summed E-state index contributed by atoms with van der Waals surface area (Å²) in [6, 6.07) is 0.114. The number of carbonyl (C=O) groups is 1. The predicted octanol–water partition coefficient (Wildman–Crippen LogP) is 0.912. The number of aromatic nitrogens is 2. The normalized spacial score (nSPS) is 20.9. The average Bonchev–Trinajstić information content (AvgIpc) is 3.06. The third-order valence-corrected chi connectivity index (χ3v) is 8.05. The van der Waals surface area contributed by atoms with Gasteiger partial charge in [-0.15, -0.1) is 10.2 Å². The molecule has 1 saturated heterocycles. The highest BCUT2D eigenvalue weighted by Gasteiger charge is 2.34. The van der Waals surface area contributed by atoms with Gasteiger partial charge < -0.3 is 0 Å². The molecule has 0 atom stereocenters. The first-order valence-electron chi connectivity index (χ1n) is 9.41. The summed E-state index contributed by atoms with van der Waals surface area (Å²) in [4.78, 5) is 14.1. The van der Waals surface area contributed by atoms with Crippen LogP contribution in [-0.2, 0) is 15.0 Å². The number of aryl methyl sites for hydroxylation is 1. The molecule has 2 fully saturated rings. The zero-order valence-electron chi connectivity index (χ0n) is 15.9. The predicted molar refractivity (Wildman–Crippen MR) is 105 cm³/mol. The van der Waals surface area contributed by atoms with Crippen LogP contribution >= 0.6 is 11.3 Å². The molecule has 1 amide bonds. The number of carbonyl (C=O) groups excluding carboxylic acids is 1. The topological polar surface area (TPSA) is 98.7 Å². The van der Waals surface area contributed by atoms with Crippen molar-refractivity contribution < 1.29 is 13.2 Å². The number of hydrogen-bond acceptors (Lipinski definition) is 7. The van der Waals surface area contributed by atoms with Crippen LogP contribution in [0, 0.1) is 6.92 Å². The number of anilines is 1. The van der Waals surface area contributed by atoms with Crippen molar-refractivity contribution >= 4 is 32.6 Å². The number of amides is 1. The molecule has 11 heteroatoms. The number of hydrogen-bond donors (Lipinski definition) is 1. The molecule has 1 aliphatic heterocycles. The zero-order chi connectivity index (χ0) is 19.4. The standard InChI is InChI=1S/C16H28N6O3S2/c1-13-18-19-16(26-13)17-15(23)12-21-8-10-22(11-9-21)27(24,25)20(2)14-6-4-3-5-7-14/h14H,3-12H2,1-2H3,(H,17,19,23). The second-order valence-electron chi connectivity index (χ2n) is 7.17. The van der Waals surface area contributed by atoms with Crippen LogP contribution in [0.15, 0.2) is 0 Å². The zero-order valence-corrected chi connectivity index (χ0v) is 17.6. The molecule has 1 N–H and O–H groups in total. The van der Waals surface area contributed by atoms with Gasteiger partial charge in [-0.1, -0.05) is 30.6 Å². The number of nitrogens with zero attached hydrogens (tertiary/aromatic N) is 5. The Kier molecular flexibility index (Phi) is 6.79. The van der Waals surface area contributed by atoms with Crippen LogP contribution in [0.1, 0.15) is 37.1 Å². The van der Waals surface area contributed by atoms with E-state index < -0.39 is 10.2 Å². The second kappa shape index (κ2) is 8.91. The van der Waals surface area contributed by atoms with E-state index in [4.69, 9.17) is 0 Å². The molecule has 1 aromatic heterocycles. The van der Waals surface area contributed by atoms with Gasteiger partial charge in [0.15, 0.2) is 0 Å². The monoisotopic (exact) mass is 416 g/mol. The molecular formula is C16H28N6O3S2. The van der Waals surface area contributed by atoms with Gasteiger partial charge in [0.2, 0.25) is 11.0 Å². The fourth-order valence-electron chi connectivity index (χ4n) is 3.64. The van der Waals surface area contributed by atoms with Crippen molar-refractivity contribution in [2.45, 2.75) is 45.1 Å². The lowest BCUT2D eigenvalue weighted by Gasteiger charge is -2.38. The first-order valence-corrected chi connectivity index (χ1v) is 11.6. The first kappa shape index (κ1) is 20.6. The third kappa shape index (κ3) is 5.23. The molecule has 3 rings (SSSR count). The summed E-state index contributed by atoms with van der Waals surface area (Å²) in [5, 5.41) is 11.8. The van der Waals surface area contributed by atoms with Crippen molar-refractivity contribution in [3.8, 4) is 0 Å². The quantitative estimate of drug-likeness (QED) is 0.740. The molecule has 1 saturated carbocycles. The van der Waals surface area contributed by atoms with Gasteiger partial charge in [-0.25, -0.2) is 0 Å². The Hall–Kier alpha value is -1.14. The van der Waals surface area contributed by atoms with E-state index >= 15 is 0 Å². The maximum atomic E-state index is 12.9. The van der Waals surface area contributed by atoms with Gasteiger partial charge in [0.1, 0.15) is 5.01 Å². The lowest BCUT2D eigenvalue weighted by atomic mass is 9.96. The van der Waals surface area contributed by atoms with E-state index in [-0.39, 0.29) is 18.5 Å². The van der Waals surface area contributed by atoms with E-state index in [0.29, 0.717) is 31.3 Å². The van der Waals surface area contributed by atoms with Crippen molar-refractivity contribution in [1.82, 2.24) is 23.7 Å². The van der Waals surface area contributed by atoms with Crippen LogP contribution in [-0.4, -0.2) is 83.8 Å². The fraction of sp³-hybridized carbons (Fsp3) is 0.812.